The molecule has 0 atom stereocenters. The third-order valence-electron chi connectivity index (χ3n) is 2.21. The summed E-state index contributed by atoms with van der Waals surface area (Å²) in [4.78, 5) is 8.51. The molecule has 2 heterocycles. The van der Waals surface area contributed by atoms with Crippen molar-refractivity contribution < 1.29 is 4.42 Å². The lowest BCUT2D eigenvalue weighted by Crippen LogP contribution is -2.03. The molecule has 0 saturated carbocycles. The summed E-state index contributed by atoms with van der Waals surface area (Å²) in [6.45, 7) is 6.42. The fourth-order valence-electron chi connectivity index (χ4n) is 1.57. The molecule has 0 fully saturated rings. The second-order valence-electron chi connectivity index (χ2n) is 3.81. The highest BCUT2D eigenvalue weighted by molar-refractivity contribution is 5.36. The zero-order valence-corrected chi connectivity index (χ0v) is 9.74. The van der Waals surface area contributed by atoms with Gasteiger partial charge in [0.1, 0.15) is 23.2 Å². The van der Waals surface area contributed by atoms with E-state index in [9.17, 15) is 0 Å². The normalized spacial score (nSPS) is 10.4. The third kappa shape index (κ3) is 2.59. The second kappa shape index (κ2) is 4.35. The van der Waals surface area contributed by atoms with Crippen LogP contribution in [-0.4, -0.2) is 9.97 Å². The van der Waals surface area contributed by atoms with Gasteiger partial charge in [0.15, 0.2) is 0 Å². The van der Waals surface area contributed by atoms with E-state index in [1.807, 2.05) is 39.0 Å². The van der Waals surface area contributed by atoms with Gasteiger partial charge in [0.2, 0.25) is 0 Å². The number of rotatable bonds is 3. The van der Waals surface area contributed by atoms with Crippen molar-refractivity contribution in [2.75, 3.05) is 5.32 Å². The topological polar surface area (TPSA) is 51.0 Å². The Morgan fingerprint density at radius 3 is 2.62 bits per heavy atom. The Balaban J connectivity index is 2.04. The van der Waals surface area contributed by atoms with E-state index in [0.29, 0.717) is 6.54 Å². The third-order valence-corrected chi connectivity index (χ3v) is 2.21. The van der Waals surface area contributed by atoms with Gasteiger partial charge in [0.05, 0.1) is 6.54 Å². The Morgan fingerprint density at radius 2 is 2.00 bits per heavy atom. The summed E-state index contributed by atoms with van der Waals surface area (Å²) in [5, 5.41) is 3.21. The zero-order chi connectivity index (χ0) is 11.5. The number of aryl methyl sites for hydroxylation is 3. The van der Waals surface area contributed by atoms with Gasteiger partial charge >= 0.3 is 0 Å². The molecule has 0 saturated heterocycles. The average Bonchev–Trinajstić information content (AvgIpc) is 2.60. The number of hydrogen-bond donors (Lipinski definition) is 1. The molecule has 0 spiro atoms. The number of nitrogens with one attached hydrogen (secondary N) is 1. The number of anilines is 1. The number of aromatic nitrogens is 2. The van der Waals surface area contributed by atoms with Gasteiger partial charge < -0.3 is 9.73 Å². The first-order valence-electron chi connectivity index (χ1n) is 5.25. The molecule has 16 heavy (non-hydrogen) atoms. The van der Waals surface area contributed by atoms with Crippen LogP contribution in [0.1, 0.15) is 23.0 Å². The van der Waals surface area contributed by atoms with Crippen molar-refractivity contribution in [3.63, 3.8) is 0 Å². The molecular weight excluding hydrogens is 202 g/mol. The smallest absolute Gasteiger partial charge is 0.130 e. The van der Waals surface area contributed by atoms with Crippen LogP contribution in [0, 0.1) is 20.8 Å². The van der Waals surface area contributed by atoms with E-state index in [1.165, 1.54) is 0 Å². The van der Waals surface area contributed by atoms with Crippen molar-refractivity contribution in [1.29, 1.82) is 0 Å². The largest absolute Gasteiger partial charge is 0.465 e. The van der Waals surface area contributed by atoms with E-state index in [0.717, 1.165) is 28.9 Å². The summed E-state index contributed by atoms with van der Waals surface area (Å²) in [6.07, 6.45) is 0. The fraction of sp³-hybridized carbons (Fsp3) is 0.333. The maximum absolute atomic E-state index is 5.46. The minimum Gasteiger partial charge on any atom is -0.465 e. The van der Waals surface area contributed by atoms with Crippen LogP contribution in [0.25, 0.3) is 0 Å². The summed E-state index contributed by atoms with van der Waals surface area (Å²) >= 11 is 0. The predicted molar refractivity (Wildman–Crippen MR) is 62.3 cm³/mol. The molecule has 0 amide bonds. The monoisotopic (exact) mass is 217 g/mol. The van der Waals surface area contributed by atoms with Gasteiger partial charge in [-0.2, -0.15) is 0 Å². The average molecular weight is 217 g/mol. The Morgan fingerprint density at radius 1 is 1.19 bits per heavy atom. The van der Waals surface area contributed by atoms with Crippen LogP contribution in [-0.2, 0) is 6.54 Å². The molecular formula is C12H15N3O. The predicted octanol–water partition coefficient (Wildman–Crippen LogP) is 2.61. The standard InChI is InChI=1S/C12H15N3O/c1-8-6-12(15-10(3)14-8)13-7-11-5-4-9(2)16-11/h4-6H,7H2,1-3H3,(H,13,14,15). The number of nitrogens with zero attached hydrogens (tertiary/aromatic N) is 2. The molecule has 0 aromatic carbocycles. The van der Waals surface area contributed by atoms with Crippen LogP contribution < -0.4 is 5.32 Å². The molecule has 0 aliphatic rings. The Labute approximate surface area is 94.7 Å². The first-order valence-corrected chi connectivity index (χ1v) is 5.25. The van der Waals surface area contributed by atoms with Crippen molar-refractivity contribution in [1.82, 2.24) is 9.97 Å². The van der Waals surface area contributed by atoms with Gasteiger partial charge in [-0.05, 0) is 32.9 Å². The highest BCUT2D eigenvalue weighted by Gasteiger charge is 2.01. The van der Waals surface area contributed by atoms with Crippen LogP contribution in [0.15, 0.2) is 22.6 Å². The van der Waals surface area contributed by atoms with Gasteiger partial charge in [-0.3, -0.25) is 0 Å². The first-order chi connectivity index (χ1) is 7.63. The van der Waals surface area contributed by atoms with Crippen molar-refractivity contribution >= 4 is 5.82 Å². The van der Waals surface area contributed by atoms with E-state index in [2.05, 4.69) is 15.3 Å². The van der Waals surface area contributed by atoms with Crippen LogP contribution in [0.4, 0.5) is 5.82 Å². The molecule has 0 aliphatic heterocycles. The van der Waals surface area contributed by atoms with Crippen molar-refractivity contribution in [2.45, 2.75) is 27.3 Å². The lowest BCUT2D eigenvalue weighted by molar-refractivity contribution is 0.490. The highest BCUT2D eigenvalue weighted by atomic mass is 16.3. The molecule has 1 N–H and O–H groups in total. The SMILES string of the molecule is Cc1cc(NCc2ccc(C)o2)nc(C)n1. The van der Waals surface area contributed by atoms with Gasteiger partial charge in [-0.1, -0.05) is 0 Å². The van der Waals surface area contributed by atoms with E-state index in [-0.39, 0.29) is 0 Å². The first kappa shape index (κ1) is 10.7. The van der Waals surface area contributed by atoms with Crippen LogP contribution in [0.2, 0.25) is 0 Å². The molecule has 2 aromatic heterocycles. The van der Waals surface area contributed by atoms with Gasteiger partial charge in [0, 0.05) is 11.8 Å². The van der Waals surface area contributed by atoms with E-state index < -0.39 is 0 Å². The van der Waals surface area contributed by atoms with Gasteiger partial charge in [0.25, 0.3) is 0 Å². The summed E-state index contributed by atoms with van der Waals surface area (Å²) < 4.78 is 5.46. The van der Waals surface area contributed by atoms with Crippen molar-refractivity contribution in [3.05, 3.63) is 41.2 Å². The summed E-state index contributed by atoms with van der Waals surface area (Å²) in [7, 11) is 0. The maximum atomic E-state index is 5.46. The molecule has 2 aromatic rings. The molecule has 4 heteroatoms. The summed E-state index contributed by atoms with van der Waals surface area (Å²) in [5.41, 5.74) is 0.964. The molecule has 0 bridgehead atoms. The number of furan rings is 1. The lowest BCUT2D eigenvalue weighted by Gasteiger charge is -2.05. The van der Waals surface area contributed by atoms with Gasteiger partial charge in [-0.15, -0.1) is 0 Å². The minimum atomic E-state index is 0.643. The summed E-state index contributed by atoms with van der Waals surface area (Å²) in [6, 6.07) is 5.83. The molecule has 0 radical (unpaired) electrons. The fourth-order valence-corrected chi connectivity index (χ4v) is 1.57. The Bertz CT molecular complexity index is 471. The molecule has 4 nitrogen and oxygen atoms in total. The Kier molecular flexibility index (Phi) is 2.90. The molecule has 2 rings (SSSR count). The quantitative estimate of drug-likeness (QED) is 0.858. The minimum absolute atomic E-state index is 0.643. The lowest BCUT2D eigenvalue weighted by atomic mass is 10.4. The Hall–Kier alpha value is -1.84. The highest BCUT2D eigenvalue weighted by Crippen LogP contribution is 2.10. The molecule has 84 valence electrons. The zero-order valence-electron chi connectivity index (χ0n) is 9.74. The summed E-state index contributed by atoms with van der Waals surface area (Å²) in [5.74, 6) is 3.44. The van der Waals surface area contributed by atoms with Gasteiger partial charge in [-0.25, -0.2) is 9.97 Å². The van der Waals surface area contributed by atoms with Crippen molar-refractivity contribution in [3.8, 4) is 0 Å². The van der Waals surface area contributed by atoms with Crippen LogP contribution in [0.5, 0.6) is 0 Å². The van der Waals surface area contributed by atoms with E-state index >= 15 is 0 Å². The maximum Gasteiger partial charge on any atom is 0.130 e. The number of hydrogen-bond acceptors (Lipinski definition) is 4. The van der Waals surface area contributed by atoms with Crippen LogP contribution >= 0.6 is 0 Å². The second-order valence-corrected chi connectivity index (χ2v) is 3.81. The van der Waals surface area contributed by atoms with Crippen LogP contribution in [0.3, 0.4) is 0 Å². The van der Waals surface area contributed by atoms with E-state index in [4.69, 9.17) is 4.42 Å². The van der Waals surface area contributed by atoms with Crippen molar-refractivity contribution in [2.24, 2.45) is 0 Å². The van der Waals surface area contributed by atoms with E-state index in [1.54, 1.807) is 0 Å². The molecule has 0 unspecified atom stereocenters. The molecule has 0 aliphatic carbocycles.